The lowest BCUT2D eigenvalue weighted by atomic mass is 10.1. The number of nitrogens with zero attached hydrogens (tertiary/aromatic N) is 3. The molecule has 8 heteroatoms. The van der Waals surface area contributed by atoms with Gasteiger partial charge < -0.3 is 9.47 Å². The Morgan fingerprint density at radius 2 is 2.11 bits per heavy atom. The molecule has 0 aliphatic carbocycles. The van der Waals surface area contributed by atoms with Crippen LogP contribution in [0.25, 0.3) is 0 Å². The number of nitrogens with one attached hydrogen (secondary N) is 1. The predicted octanol–water partition coefficient (Wildman–Crippen LogP) is 2.44. The van der Waals surface area contributed by atoms with Crippen molar-refractivity contribution in [2.24, 2.45) is 0 Å². The smallest absolute Gasteiger partial charge is 0.243 e. The average Bonchev–Trinajstić information content (AvgIpc) is 3.11. The lowest BCUT2D eigenvalue weighted by Gasteiger charge is -2.30. The van der Waals surface area contributed by atoms with Gasteiger partial charge in [-0.1, -0.05) is 23.5 Å². The van der Waals surface area contributed by atoms with E-state index in [1.807, 2.05) is 26.8 Å². The minimum atomic E-state index is -0.214. The molecule has 3 rings (SSSR count). The third-order valence-corrected chi connectivity index (χ3v) is 5.49. The van der Waals surface area contributed by atoms with Gasteiger partial charge >= 0.3 is 0 Å². The molecular formula is C19H26N4O3S. The summed E-state index contributed by atoms with van der Waals surface area (Å²) in [7, 11) is 0. The minimum Gasteiger partial charge on any atom is -0.493 e. The maximum absolute atomic E-state index is 12.4. The number of aryl methyl sites for hydroxylation is 2. The predicted molar refractivity (Wildman–Crippen MR) is 106 cm³/mol. The molecule has 7 nitrogen and oxygen atoms in total. The van der Waals surface area contributed by atoms with E-state index >= 15 is 0 Å². The van der Waals surface area contributed by atoms with Crippen molar-refractivity contribution < 1.29 is 14.3 Å². The average molecular weight is 391 g/mol. The Balaban J connectivity index is 1.48. The molecule has 1 amide bonds. The first-order valence-electron chi connectivity index (χ1n) is 9.18. The number of anilines is 1. The number of benzene rings is 1. The Morgan fingerprint density at radius 3 is 2.89 bits per heavy atom. The molecule has 1 aromatic heterocycles. The van der Waals surface area contributed by atoms with E-state index in [1.54, 1.807) is 0 Å². The van der Waals surface area contributed by atoms with Crippen molar-refractivity contribution in [3.8, 4) is 5.75 Å². The fraction of sp³-hybridized carbons (Fsp3) is 0.526. The molecule has 1 unspecified atom stereocenters. The number of carbonyl (C=O) groups is 1. The highest BCUT2D eigenvalue weighted by Gasteiger charge is 2.24. The zero-order valence-electron chi connectivity index (χ0n) is 16.0. The first kappa shape index (κ1) is 19.7. The van der Waals surface area contributed by atoms with E-state index in [4.69, 9.17) is 9.47 Å². The molecule has 0 bridgehead atoms. The van der Waals surface area contributed by atoms with Crippen molar-refractivity contribution in [1.29, 1.82) is 0 Å². The Bertz CT molecular complexity index is 774. The quantitative estimate of drug-likeness (QED) is 0.783. The molecule has 2 heterocycles. The van der Waals surface area contributed by atoms with Crippen LogP contribution in [0.15, 0.2) is 18.2 Å². The zero-order chi connectivity index (χ0) is 19.2. The molecule has 0 spiro atoms. The van der Waals surface area contributed by atoms with Crippen molar-refractivity contribution in [3.05, 3.63) is 34.3 Å². The zero-order valence-corrected chi connectivity index (χ0v) is 16.8. The second-order valence-electron chi connectivity index (χ2n) is 6.68. The van der Waals surface area contributed by atoms with Gasteiger partial charge in [0.2, 0.25) is 11.0 Å². The summed E-state index contributed by atoms with van der Waals surface area (Å²) in [5.41, 5.74) is 2.29. The Kier molecular flexibility index (Phi) is 6.76. The summed E-state index contributed by atoms with van der Waals surface area (Å²) in [6.45, 7) is 9.38. The summed E-state index contributed by atoms with van der Waals surface area (Å²) >= 11 is 1.39. The molecule has 1 N–H and O–H groups in total. The number of rotatable bonds is 7. The van der Waals surface area contributed by atoms with Crippen LogP contribution in [-0.2, 0) is 16.0 Å². The number of carbonyl (C=O) groups excluding carboxylic acids is 1. The van der Waals surface area contributed by atoms with Gasteiger partial charge in [-0.2, -0.15) is 0 Å². The molecular weight excluding hydrogens is 364 g/mol. The van der Waals surface area contributed by atoms with Crippen LogP contribution < -0.4 is 10.1 Å². The summed E-state index contributed by atoms with van der Waals surface area (Å²) < 4.78 is 11.2. The van der Waals surface area contributed by atoms with Gasteiger partial charge in [-0.05, 0) is 38.0 Å². The van der Waals surface area contributed by atoms with Gasteiger partial charge in [0, 0.05) is 19.5 Å². The van der Waals surface area contributed by atoms with Gasteiger partial charge in [0.1, 0.15) is 10.8 Å². The van der Waals surface area contributed by atoms with E-state index < -0.39 is 0 Å². The number of aromatic nitrogens is 2. The van der Waals surface area contributed by atoms with E-state index in [9.17, 15) is 4.79 Å². The van der Waals surface area contributed by atoms with Gasteiger partial charge in [-0.3, -0.25) is 15.0 Å². The maximum atomic E-state index is 12.4. The Morgan fingerprint density at radius 1 is 1.33 bits per heavy atom. The molecule has 0 radical (unpaired) electrons. The highest BCUT2D eigenvalue weighted by Crippen LogP contribution is 2.21. The standard InChI is InChI=1S/C19H26N4O3S/c1-13-4-5-14(2)16(12-13)26-9-6-17-21-22-19(27-17)20-18(24)15(3)23-7-10-25-11-8-23/h4-5,12,15H,6-11H2,1-3H3,(H,20,22,24). The fourth-order valence-electron chi connectivity index (χ4n) is 2.86. The van der Waals surface area contributed by atoms with Crippen molar-refractivity contribution in [3.63, 3.8) is 0 Å². The summed E-state index contributed by atoms with van der Waals surface area (Å²) in [6, 6.07) is 5.95. The van der Waals surface area contributed by atoms with Crippen molar-refractivity contribution >= 4 is 22.4 Å². The molecule has 27 heavy (non-hydrogen) atoms. The molecule has 1 atom stereocenters. The van der Waals surface area contributed by atoms with Crippen LogP contribution in [-0.4, -0.2) is 60.0 Å². The summed E-state index contributed by atoms with van der Waals surface area (Å²) in [6.07, 6.45) is 0.653. The summed E-state index contributed by atoms with van der Waals surface area (Å²) in [5.74, 6) is 0.832. The molecule has 2 aromatic rings. The molecule has 1 aliphatic heterocycles. The number of hydrogen-bond donors (Lipinski definition) is 1. The first-order chi connectivity index (χ1) is 13.0. The van der Waals surface area contributed by atoms with Gasteiger partial charge in [0.25, 0.3) is 0 Å². The molecule has 1 aliphatic rings. The van der Waals surface area contributed by atoms with Crippen LogP contribution >= 0.6 is 11.3 Å². The highest BCUT2D eigenvalue weighted by molar-refractivity contribution is 7.15. The normalized spacial score (nSPS) is 16.1. The maximum Gasteiger partial charge on any atom is 0.243 e. The van der Waals surface area contributed by atoms with Crippen molar-refractivity contribution in [2.45, 2.75) is 33.2 Å². The minimum absolute atomic E-state index is 0.0637. The van der Waals surface area contributed by atoms with Crippen LogP contribution in [0.4, 0.5) is 5.13 Å². The van der Waals surface area contributed by atoms with Crippen LogP contribution in [0, 0.1) is 13.8 Å². The van der Waals surface area contributed by atoms with Gasteiger partial charge in [-0.15, -0.1) is 10.2 Å². The first-order valence-corrected chi connectivity index (χ1v) is 9.99. The molecule has 1 saturated heterocycles. The van der Waals surface area contributed by atoms with E-state index in [2.05, 4.69) is 32.5 Å². The Hall–Kier alpha value is -2.03. The van der Waals surface area contributed by atoms with E-state index in [1.165, 1.54) is 16.9 Å². The SMILES string of the molecule is Cc1ccc(C)c(OCCc2nnc(NC(=O)C(C)N3CCOCC3)s2)c1. The monoisotopic (exact) mass is 390 g/mol. The van der Waals surface area contributed by atoms with E-state index in [-0.39, 0.29) is 11.9 Å². The van der Waals surface area contributed by atoms with Crippen LogP contribution in [0.3, 0.4) is 0 Å². The van der Waals surface area contributed by atoms with Gasteiger partial charge in [0.15, 0.2) is 0 Å². The number of morpholine rings is 1. The van der Waals surface area contributed by atoms with Crippen molar-refractivity contribution in [2.75, 3.05) is 38.2 Å². The number of hydrogen-bond acceptors (Lipinski definition) is 7. The third kappa shape index (κ3) is 5.47. The molecule has 1 aromatic carbocycles. The van der Waals surface area contributed by atoms with Crippen LogP contribution in [0.5, 0.6) is 5.75 Å². The summed E-state index contributed by atoms with van der Waals surface area (Å²) in [4.78, 5) is 14.5. The Labute approximate surface area is 163 Å². The van der Waals surface area contributed by atoms with Crippen LogP contribution in [0.1, 0.15) is 23.1 Å². The van der Waals surface area contributed by atoms with E-state index in [0.29, 0.717) is 31.4 Å². The third-order valence-electron chi connectivity index (χ3n) is 4.59. The summed E-state index contributed by atoms with van der Waals surface area (Å²) in [5, 5.41) is 12.5. The number of amides is 1. The fourth-order valence-corrected chi connectivity index (χ4v) is 3.58. The highest BCUT2D eigenvalue weighted by atomic mass is 32.1. The van der Waals surface area contributed by atoms with Gasteiger partial charge in [-0.25, -0.2) is 0 Å². The van der Waals surface area contributed by atoms with Crippen molar-refractivity contribution in [1.82, 2.24) is 15.1 Å². The second kappa shape index (κ2) is 9.25. The second-order valence-corrected chi connectivity index (χ2v) is 7.74. The molecule has 0 saturated carbocycles. The topological polar surface area (TPSA) is 76.6 Å². The largest absolute Gasteiger partial charge is 0.493 e. The van der Waals surface area contributed by atoms with E-state index in [0.717, 1.165) is 29.4 Å². The van der Waals surface area contributed by atoms with Gasteiger partial charge in [0.05, 0.1) is 25.9 Å². The lowest BCUT2D eigenvalue weighted by molar-refractivity contribution is -0.122. The molecule has 1 fully saturated rings. The number of ether oxygens (including phenoxy) is 2. The lowest BCUT2D eigenvalue weighted by Crippen LogP contribution is -2.47. The van der Waals surface area contributed by atoms with Crippen LogP contribution in [0.2, 0.25) is 0 Å². The molecule has 146 valence electrons.